The summed E-state index contributed by atoms with van der Waals surface area (Å²) in [6.45, 7) is 3.30. The maximum Gasteiger partial charge on any atom is 0.271 e. The zero-order chi connectivity index (χ0) is 26.4. The van der Waals surface area contributed by atoms with Crippen LogP contribution in [0.4, 0.5) is 17.1 Å². The molecular weight excluding hydrogens is 515 g/mol. The first-order chi connectivity index (χ1) is 17.9. The van der Waals surface area contributed by atoms with Gasteiger partial charge in [-0.2, -0.15) is 5.10 Å². The van der Waals surface area contributed by atoms with E-state index in [1.165, 1.54) is 12.3 Å². The van der Waals surface area contributed by atoms with Crippen LogP contribution < -0.4 is 20.9 Å². The van der Waals surface area contributed by atoms with Crippen LogP contribution in [0.15, 0.2) is 60.8 Å². The minimum atomic E-state index is -0.535. The van der Waals surface area contributed by atoms with Gasteiger partial charge in [0.25, 0.3) is 11.8 Å². The van der Waals surface area contributed by atoms with E-state index in [-0.39, 0.29) is 44.8 Å². The number of carbonyl (C=O) groups is 3. The van der Waals surface area contributed by atoms with Crippen molar-refractivity contribution in [2.24, 2.45) is 0 Å². The van der Waals surface area contributed by atoms with E-state index in [1.54, 1.807) is 31.2 Å². The van der Waals surface area contributed by atoms with E-state index < -0.39 is 5.91 Å². The molecule has 37 heavy (non-hydrogen) atoms. The molecule has 1 aliphatic heterocycles. The fraction of sp³-hybridized carbons (Fsp3) is 0.231. The van der Waals surface area contributed by atoms with Crippen LogP contribution in [0.5, 0.6) is 0 Å². The summed E-state index contributed by atoms with van der Waals surface area (Å²) in [6.07, 6.45) is 6.02. The minimum absolute atomic E-state index is 0.0343. The van der Waals surface area contributed by atoms with Gasteiger partial charge in [-0.15, -0.1) is 0 Å². The average molecular weight is 541 g/mol. The largest absolute Gasteiger partial charge is 0.371 e. The van der Waals surface area contributed by atoms with Gasteiger partial charge in [0.2, 0.25) is 5.91 Å². The highest BCUT2D eigenvalue weighted by Gasteiger charge is 2.24. The molecule has 3 amide bonds. The SMILES string of the molecule is C/C=C/C(=O)Nc1ccc(N2CCC(NC(=O)c3[nH]ncc3NC(=O)c3c(Cl)cccc3Cl)CC2)cc1. The molecule has 0 aliphatic carbocycles. The molecule has 4 rings (SSSR count). The summed E-state index contributed by atoms with van der Waals surface area (Å²) in [5.74, 6) is -1.07. The van der Waals surface area contributed by atoms with Gasteiger partial charge < -0.3 is 20.9 Å². The fourth-order valence-electron chi connectivity index (χ4n) is 4.08. The van der Waals surface area contributed by atoms with Gasteiger partial charge in [0.15, 0.2) is 0 Å². The van der Waals surface area contributed by atoms with Gasteiger partial charge in [-0.3, -0.25) is 19.5 Å². The van der Waals surface area contributed by atoms with Crippen molar-refractivity contribution in [3.8, 4) is 0 Å². The number of piperidine rings is 1. The van der Waals surface area contributed by atoms with E-state index in [0.717, 1.165) is 37.3 Å². The van der Waals surface area contributed by atoms with Crippen LogP contribution >= 0.6 is 23.2 Å². The Bertz CT molecular complexity index is 1290. The average Bonchev–Trinajstić information content (AvgIpc) is 3.33. The number of amides is 3. The molecule has 1 fully saturated rings. The summed E-state index contributed by atoms with van der Waals surface area (Å²) in [5, 5.41) is 15.5. The van der Waals surface area contributed by atoms with E-state index in [0.29, 0.717) is 0 Å². The molecule has 0 atom stereocenters. The van der Waals surface area contributed by atoms with Crippen LogP contribution in [0.25, 0.3) is 0 Å². The van der Waals surface area contributed by atoms with E-state index in [4.69, 9.17) is 23.2 Å². The Balaban J connectivity index is 1.31. The predicted molar refractivity (Wildman–Crippen MR) is 146 cm³/mol. The van der Waals surface area contributed by atoms with Crippen LogP contribution in [0.2, 0.25) is 10.0 Å². The number of hydrogen-bond acceptors (Lipinski definition) is 5. The number of carbonyl (C=O) groups excluding carboxylic acids is 3. The Kier molecular flexibility index (Phi) is 8.47. The number of anilines is 3. The number of nitrogens with zero attached hydrogens (tertiary/aromatic N) is 2. The summed E-state index contributed by atoms with van der Waals surface area (Å²) < 4.78 is 0. The molecule has 192 valence electrons. The minimum Gasteiger partial charge on any atom is -0.371 e. The lowest BCUT2D eigenvalue weighted by molar-refractivity contribution is -0.111. The highest BCUT2D eigenvalue weighted by Crippen LogP contribution is 2.26. The summed E-state index contributed by atoms with van der Waals surface area (Å²) in [4.78, 5) is 39.6. The quantitative estimate of drug-likeness (QED) is 0.318. The number of benzene rings is 2. The molecule has 1 aromatic heterocycles. The van der Waals surface area contributed by atoms with Crippen molar-refractivity contribution in [2.45, 2.75) is 25.8 Å². The van der Waals surface area contributed by atoms with Crippen molar-refractivity contribution >= 4 is 58.0 Å². The Morgan fingerprint density at radius 2 is 1.68 bits per heavy atom. The number of halogens is 2. The standard InChI is InChI=1S/C26H26Cl2N6O3/c1-2-4-22(35)30-16-7-9-18(10-8-16)34-13-11-17(12-14-34)31-26(37)24-21(15-29-33-24)32-25(36)23-19(27)5-3-6-20(23)28/h2-10,15,17H,11-14H2,1H3,(H,29,33)(H,30,35)(H,31,37)(H,32,36)/b4-2+. The smallest absolute Gasteiger partial charge is 0.271 e. The maximum atomic E-state index is 12.9. The molecule has 1 aliphatic rings. The summed E-state index contributed by atoms with van der Waals surface area (Å²) in [7, 11) is 0. The van der Waals surface area contributed by atoms with Crippen molar-refractivity contribution in [1.29, 1.82) is 0 Å². The molecular formula is C26H26Cl2N6O3. The Hall–Kier alpha value is -3.82. The van der Waals surface area contributed by atoms with Crippen LogP contribution in [0, 0.1) is 0 Å². The summed E-state index contributed by atoms with van der Waals surface area (Å²) in [5.41, 5.74) is 2.28. The van der Waals surface area contributed by atoms with E-state index in [1.807, 2.05) is 24.3 Å². The zero-order valence-electron chi connectivity index (χ0n) is 20.1. The first-order valence-corrected chi connectivity index (χ1v) is 12.5. The third-order valence-corrected chi connectivity index (χ3v) is 6.58. The molecule has 0 saturated carbocycles. The zero-order valence-corrected chi connectivity index (χ0v) is 21.6. The molecule has 4 N–H and O–H groups in total. The predicted octanol–water partition coefficient (Wildman–Crippen LogP) is 4.88. The molecule has 0 spiro atoms. The van der Waals surface area contributed by atoms with Crippen molar-refractivity contribution in [3.63, 3.8) is 0 Å². The Morgan fingerprint density at radius 1 is 1.00 bits per heavy atom. The molecule has 11 heteroatoms. The monoisotopic (exact) mass is 540 g/mol. The molecule has 1 saturated heterocycles. The third-order valence-electron chi connectivity index (χ3n) is 5.95. The second kappa shape index (κ2) is 11.9. The van der Waals surface area contributed by atoms with Gasteiger partial charge in [-0.25, -0.2) is 0 Å². The normalized spacial score (nSPS) is 14.0. The topological polar surface area (TPSA) is 119 Å². The molecule has 3 aromatic rings. The van der Waals surface area contributed by atoms with Gasteiger partial charge in [0.05, 0.1) is 27.5 Å². The van der Waals surface area contributed by atoms with Crippen molar-refractivity contribution < 1.29 is 14.4 Å². The van der Waals surface area contributed by atoms with E-state index in [2.05, 4.69) is 31.0 Å². The second-order valence-corrected chi connectivity index (χ2v) is 9.29. The first kappa shape index (κ1) is 26.2. The van der Waals surface area contributed by atoms with Gasteiger partial charge in [0.1, 0.15) is 5.69 Å². The molecule has 0 bridgehead atoms. The van der Waals surface area contributed by atoms with Crippen LogP contribution in [0.1, 0.15) is 40.6 Å². The van der Waals surface area contributed by atoms with Crippen molar-refractivity contribution in [2.75, 3.05) is 28.6 Å². The number of rotatable bonds is 7. The molecule has 9 nitrogen and oxygen atoms in total. The number of hydrogen-bond donors (Lipinski definition) is 4. The number of allylic oxidation sites excluding steroid dienone is 1. The first-order valence-electron chi connectivity index (χ1n) is 11.7. The van der Waals surface area contributed by atoms with Crippen LogP contribution in [-0.4, -0.2) is 47.1 Å². The highest BCUT2D eigenvalue weighted by atomic mass is 35.5. The number of H-pyrrole nitrogens is 1. The lowest BCUT2D eigenvalue weighted by Gasteiger charge is -2.34. The lowest BCUT2D eigenvalue weighted by Crippen LogP contribution is -2.45. The number of aromatic amines is 1. The van der Waals surface area contributed by atoms with E-state index >= 15 is 0 Å². The fourth-order valence-corrected chi connectivity index (χ4v) is 4.65. The van der Waals surface area contributed by atoms with E-state index in [9.17, 15) is 14.4 Å². The molecule has 0 radical (unpaired) electrons. The molecule has 2 aromatic carbocycles. The van der Waals surface area contributed by atoms with Crippen molar-refractivity contribution in [1.82, 2.24) is 15.5 Å². The van der Waals surface area contributed by atoms with Gasteiger partial charge in [0, 0.05) is 30.5 Å². The Morgan fingerprint density at radius 3 is 2.32 bits per heavy atom. The number of aromatic nitrogens is 2. The summed E-state index contributed by atoms with van der Waals surface area (Å²) >= 11 is 12.2. The van der Waals surface area contributed by atoms with Gasteiger partial charge in [-0.05, 0) is 62.2 Å². The highest BCUT2D eigenvalue weighted by molar-refractivity contribution is 6.40. The number of nitrogens with one attached hydrogen (secondary N) is 4. The Labute approximate surface area is 224 Å². The van der Waals surface area contributed by atoms with Gasteiger partial charge in [-0.1, -0.05) is 35.3 Å². The third kappa shape index (κ3) is 6.49. The molecule has 0 unspecified atom stereocenters. The van der Waals surface area contributed by atoms with Crippen LogP contribution in [0.3, 0.4) is 0 Å². The second-order valence-electron chi connectivity index (χ2n) is 8.48. The van der Waals surface area contributed by atoms with Crippen molar-refractivity contribution in [3.05, 3.63) is 82.1 Å². The van der Waals surface area contributed by atoms with Gasteiger partial charge >= 0.3 is 0 Å². The summed E-state index contributed by atoms with van der Waals surface area (Å²) in [6, 6.07) is 12.4. The molecule has 2 heterocycles. The lowest BCUT2D eigenvalue weighted by atomic mass is 10.0. The maximum absolute atomic E-state index is 12.9. The van der Waals surface area contributed by atoms with Crippen LogP contribution in [-0.2, 0) is 4.79 Å².